The second-order valence-electron chi connectivity index (χ2n) is 3.83. The van der Waals surface area contributed by atoms with Crippen molar-refractivity contribution in [1.29, 1.82) is 0 Å². The van der Waals surface area contributed by atoms with Gasteiger partial charge in [-0.2, -0.15) is 0 Å². The molecule has 0 aliphatic carbocycles. The molecule has 0 aliphatic heterocycles. The second-order valence-corrected chi connectivity index (χ2v) is 3.83. The van der Waals surface area contributed by atoms with E-state index in [2.05, 4.69) is 10.3 Å². The molecule has 10 nitrogen and oxygen atoms in total. The van der Waals surface area contributed by atoms with Gasteiger partial charge >= 0.3 is 11.9 Å². The normalized spacial score (nSPS) is 11.0. The summed E-state index contributed by atoms with van der Waals surface area (Å²) in [6.45, 7) is -0.178. The van der Waals surface area contributed by atoms with Crippen LogP contribution in [0, 0.1) is 10.1 Å². The Morgan fingerprint density at radius 3 is 2.67 bits per heavy atom. The molecular weight excluding hydrogens is 284 g/mol. The fourth-order valence-electron chi connectivity index (χ4n) is 1.34. The molecule has 5 N–H and O–H groups in total. The first kappa shape index (κ1) is 15.9. The van der Waals surface area contributed by atoms with Crippen LogP contribution in [-0.4, -0.2) is 39.5 Å². The molecule has 112 valence electrons. The number of aliphatic imine (C=N–C) groups is 1. The predicted molar refractivity (Wildman–Crippen MR) is 71.8 cm³/mol. The number of carboxylic acid groups (broad SMARTS) is 1. The molecule has 0 bridgehead atoms. The molecule has 0 aliphatic rings. The molecular formula is C11H12N4O6. The highest BCUT2D eigenvalue weighted by atomic mass is 16.6. The van der Waals surface area contributed by atoms with Gasteiger partial charge in [0.1, 0.15) is 17.9 Å². The van der Waals surface area contributed by atoms with E-state index in [9.17, 15) is 24.8 Å². The zero-order valence-corrected chi connectivity index (χ0v) is 10.6. The summed E-state index contributed by atoms with van der Waals surface area (Å²) in [5.74, 6) is -3.09. The van der Waals surface area contributed by atoms with Crippen molar-refractivity contribution in [3.05, 3.63) is 33.9 Å². The molecule has 0 saturated carbocycles. The number of anilines is 1. The van der Waals surface area contributed by atoms with E-state index < -0.39 is 28.5 Å². The summed E-state index contributed by atoms with van der Waals surface area (Å²) in [6.07, 6.45) is -0.169. The molecule has 0 heterocycles. The lowest BCUT2D eigenvalue weighted by molar-refractivity contribution is -0.352. The number of nitrogens with one attached hydrogen (secondary N) is 1. The average molecular weight is 296 g/mol. The van der Waals surface area contributed by atoms with E-state index in [-0.39, 0.29) is 24.2 Å². The van der Waals surface area contributed by atoms with Crippen molar-refractivity contribution in [3.63, 3.8) is 0 Å². The van der Waals surface area contributed by atoms with E-state index in [0.29, 0.717) is 0 Å². The van der Waals surface area contributed by atoms with Gasteiger partial charge in [-0.25, -0.2) is 4.79 Å². The van der Waals surface area contributed by atoms with Crippen LogP contribution < -0.4 is 11.1 Å². The minimum absolute atomic E-state index is 0.168. The second kappa shape index (κ2) is 6.84. The Kier molecular flexibility index (Phi) is 5.17. The molecule has 1 amide bonds. The van der Waals surface area contributed by atoms with Crippen LogP contribution in [0.1, 0.15) is 16.8 Å². The molecule has 10 heteroatoms. The predicted octanol–water partition coefficient (Wildman–Crippen LogP) is 0.0104. The number of phenols is 1. The number of guanidine groups is 1. The van der Waals surface area contributed by atoms with Gasteiger partial charge in [0, 0.05) is 5.69 Å². The number of benzene rings is 1. The van der Waals surface area contributed by atoms with Crippen LogP contribution in [0.5, 0.6) is 5.75 Å². The van der Waals surface area contributed by atoms with Crippen molar-refractivity contribution < 1.29 is 24.7 Å². The minimum atomic E-state index is -1.34. The van der Waals surface area contributed by atoms with Crippen molar-refractivity contribution >= 4 is 23.5 Å². The van der Waals surface area contributed by atoms with E-state index >= 15 is 0 Å². The highest BCUT2D eigenvalue weighted by Crippen LogP contribution is 2.21. The van der Waals surface area contributed by atoms with Crippen molar-refractivity contribution in [2.45, 2.75) is 6.42 Å². The number of nitro groups is 1. The van der Waals surface area contributed by atoms with Gasteiger partial charge in [-0.3, -0.25) is 10.5 Å². The first-order valence-electron chi connectivity index (χ1n) is 5.61. The zero-order valence-electron chi connectivity index (χ0n) is 10.6. The van der Waals surface area contributed by atoms with Gasteiger partial charge in [-0.05, 0) is 23.1 Å². The standard InChI is InChI=1S/C11H12N4O6/c12-11(15(20)21)13-4-3-9(17)14-6-1-2-8(16)7(5-6)10(18)19/h1-2,5,16H,3-4H2,(H2,12,13)(H,14,17)(H,18,19). The molecule has 0 radical (unpaired) electrons. The number of nitrogens with zero attached hydrogens (tertiary/aromatic N) is 2. The molecule has 0 fully saturated rings. The molecule has 21 heavy (non-hydrogen) atoms. The Balaban J connectivity index is 2.63. The van der Waals surface area contributed by atoms with Gasteiger partial charge in [0.05, 0.1) is 6.42 Å². The summed E-state index contributed by atoms with van der Waals surface area (Å²) in [5, 5.41) is 30.7. The Morgan fingerprint density at radius 1 is 1.43 bits per heavy atom. The lowest BCUT2D eigenvalue weighted by atomic mass is 10.1. The molecule has 1 rings (SSSR count). The maximum atomic E-state index is 11.5. The minimum Gasteiger partial charge on any atom is -0.507 e. The van der Waals surface area contributed by atoms with Gasteiger partial charge in [0.25, 0.3) is 0 Å². The molecule has 1 aromatic carbocycles. The lowest BCUT2D eigenvalue weighted by Gasteiger charge is -2.06. The van der Waals surface area contributed by atoms with E-state index in [1.54, 1.807) is 0 Å². The maximum Gasteiger partial charge on any atom is 0.420 e. The summed E-state index contributed by atoms with van der Waals surface area (Å²) in [5.41, 5.74) is 4.76. The first-order valence-corrected chi connectivity index (χ1v) is 5.61. The number of aromatic carboxylic acids is 1. The summed E-state index contributed by atoms with van der Waals surface area (Å²) >= 11 is 0. The van der Waals surface area contributed by atoms with Gasteiger partial charge in [-0.1, -0.05) is 0 Å². The summed E-state index contributed by atoms with van der Waals surface area (Å²) in [7, 11) is 0. The number of rotatable bonds is 5. The van der Waals surface area contributed by atoms with E-state index in [0.717, 1.165) is 12.1 Å². The zero-order chi connectivity index (χ0) is 16.0. The summed E-state index contributed by atoms with van der Waals surface area (Å²) in [4.78, 5) is 35.0. The molecule has 0 spiro atoms. The number of hydrogen-bond donors (Lipinski definition) is 4. The van der Waals surface area contributed by atoms with Crippen LogP contribution in [0.4, 0.5) is 5.69 Å². The van der Waals surface area contributed by atoms with Crippen molar-refractivity contribution in [2.24, 2.45) is 10.7 Å². The van der Waals surface area contributed by atoms with Crippen molar-refractivity contribution in [3.8, 4) is 5.75 Å². The number of amides is 1. The van der Waals surface area contributed by atoms with Gasteiger partial charge in [-0.15, -0.1) is 4.99 Å². The highest BCUT2D eigenvalue weighted by Gasteiger charge is 2.12. The van der Waals surface area contributed by atoms with Crippen LogP contribution in [-0.2, 0) is 4.79 Å². The van der Waals surface area contributed by atoms with E-state index in [1.165, 1.54) is 6.07 Å². The lowest BCUT2D eigenvalue weighted by Crippen LogP contribution is -2.23. The quantitative estimate of drug-likeness (QED) is 0.195. The van der Waals surface area contributed by atoms with Crippen LogP contribution >= 0.6 is 0 Å². The Labute approximate surface area is 118 Å². The van der Waals surface area contributed by atoms with Crippen LogP contribution in [0.2, 0.25) is 0 Å². The number of carboxylic acids is 1. The third kappa shape index (κ3) is 4.78. The smallest absolute Gasteiger partial charge is 0.420 e. The largest absolute Gasteiger partial charge is 0.507 e. The number of hydrogen-bond acceptors (Lipinski definition) is 6. The molecule has 0 saturated heterocycles. The van der Waals surface area contributed by atoms with Gasteiger partial charge in [0.15, 0.2) is 0 Å². The molecule has 0 unspecified atom stereocenters. The molecule has 1 aromatic rings. The van der Waals surface area contributed by atoms with E-state index in [1.807, 2.05) is 0 Å². The average Bonchev–Trinajstić information content (AvgIpc) is 2.40. The topological polar surface area (TPSA) is 168 Å². The highest BCUT2D eigenvalue weighted by molar-refractivity contribution is 5.95. The maximum absolute atomic E-state index is 11.5. The Hall–Kier alpha value is -3.17. The summed E-state index contributed by atoms with van der Waals surface area (Å²) in [6, 6.07) is 3.53. The fraction of sp³-hybridized carbons (Fsp3) is 0.182. The van der Waals surface area contributed by atoms with Gasteiger partial charge < -0.3 is 25.6 Å². The monoisotopic (exact) mass is 296 g/mol. The fourth-order valence-corrected chi connectivity index (χ4v) is 1.34. The van der Waals surface area contributed by atoms with Gasteiger partial charge in [0.2, 0.25) is 5.91 Å². The SMILES string of the molecule is NC(=NCCC(=O)Nc1ccc(O)c(C(=O)O)c1)[N+](=O)[O-]. The number of carbonyl (C=O) groups excluding carboxylic acids is 1. The third-order valence-corrected chi connectivity index (χ3v) is 2.31. The number of carbonyl (C=O) groups is 2. The van der Waals surface area contributed by atoms with Crippen LogP contribution in [0.3, 0.4) is 0 Å². The van der Waals surface area contributed by atoms with Crippen molar-refractivity contribution in [1.82, 2.24) is 0 Å². The van der Waals surface area contributed by atoms with Crippen LogP contribution in [0.25, 0.3) is 0 Å². The molecule has 0 atom stereocenters. The Morgan fingerprint density at radius 2 is 2.10 bits per heavy atom. The Bertz CT molecular complexity index is 613. The van der Waals surface area contributed by atoms with E-state index in [4.69, 9.17) is 10.8 Å². The summed E-state index contributed by atoms with van der Waals surface area (Å²) < 4.78 is 0. The number of aromatic hydroxyl groups is 1. The number of nitrogens with two attached hydrogens (primary N) is 1. The molecule has 0 aromatic heterocycles. The van der Waals surface area contributed by atoms with Crippen LogP contribution in [0.15, 0.2) is 23.2 Å². The third-order valence-electron chi connectivity index (χ3n) is 2.31. The van der Waals surface area contributed by atoms with Crippen molar-refractivity contribution in [2.75, 3.05) is 11.9 Å². The first-order chi connectivity index (χ1) is 9.81.